The van der Waals surface area contributed by atoms with Gasteiger partial charge in [0.1, 0.15) is 0 Å². The van der Waals surface area contributed by atoms with Crippen molar-refractivity contribution in [2.45, 2.75) is 88.0 Å². The fraction of sp³-hybridized carbons (Fsp3) is 0.519. The summed E-state index contributed by atoms with van der Waals surface area (Å²) >= 11 is 0. The van der Waals surface area contributed by atoms with Crippen molar-refractivity contribution in [1.82, 2.24) is 0 Å². The summed E-state index contributed by atoms with van der Waals surface area (Å²) in [5, 5.41) is -7.11. The highest BCUT2D eigenvalue weighted by molar-refractivity contribution is 7.86. The quantitative estimate of drug-likeness (QED) is 0.195. The van der Waals surface area contributed by atoms with Crippen molar-refractivity contribution < 1.29 is 52.5 Å². The van der Waals surface area contributed by atoms with Crippen molar-refractivity contribution in [2.75, 3.05) is 0 Å². The molecule has 2 rings (SSSR count). The zero-order valence-corrected chi connectivity index (χ0v) is 23.7. The van der Waals surface area contributed by atoms with Gasteiger partial charge in [-0.15, -0.1) is 0 Å². The van der Waals surface area contributed by atoms with E-state index in [0.717, 1.165) is 0 Å². The summed E-state index contributed by atoms with van der Waals surface area (Å²) in [6.07, 6.45) is -7.16. The topological polar surface area (TPSA) is 57.2 Å². The van der Waals surface area contributed by atoms with Crippen LogP contribution in [0.4, 0.5) is 39.5 Å². The van der Waals surface area contributed by atoms with Gasteiger partial charge in [0.15, 0.2) is 15.5 Å². The smallest absolute Gasteiger partial charge is 0.460 e. The minimum Gasteiger partial charge on any atom is -0.743 e. The minimum absolute atomic E-state index is 0.185. The molecule has 0 amide bonds. The van der Waals surface area contributed by atoms with E-state index in [1.165, 1.54) is 22.3 Å². The number of hydrogen-bond donors (Lipinski definition) is 0. The van der Waals surface area contributed by atoms with Crippen LogP contribution in [-0.2, 0) is 26.4 Å². The fourth-order valence-corrected chi connectivity index (χ4v) is 3.80. The van der Waals surface area contributed by atoms with Gasteiger partial charge >= 0.3 is 23.3 Å². The number of rotatable bonds is 5. The molecule has 3 nitrogen and oxygen atoms in total. The molecule has 0 aliphatic rings. The van der Waals surface area contributed by atoms with Crippen LogP contribution < -0.4 is 0 Å². The van der Waals surface area contributed by atoms with E-state index in [1.807, 2.05) is 0 Å². The lowest BCUT2D eigenvalue weighted by Gasteiger charge is -2.34. The van der Waals surface area contributed by atoms with E-state index in [2.05, 4.69) is 104 Å². The van der Waals surface area contributed by atoms with Crippen molar-refractivity contribution in [2.24, 2.45) is 0 Å². The van der Waals surface area contributed by atoms with Crippen LogP contribution in [0.25, 0.3) is 0 Å². The third-order valence-electron chi connectivity index (χ3n) is 6.21. The largest absolute Gasteiger partial charge is 0.743 e. The predicted octanol–water partition coefficient (Wildman–Crippen LogP) is 8.38. The molecule has 0 aliphatic carbocycles. The second-order valence-electron chi connectivity index (χ2n) is 11.6. The second kappa shape index (κ2) is 10.8. The SMILES string of the molecule is O=S(=O)([O-])C(F)(F)C(F)(F)C(F)(F)C(F)(F)F.[CH2+]C(C)(c1ccc(C(C)(C)C)cc1)c1ccc(C(C)(C)C)cc1. The first-order valence-electron chi connectivity index (χ1n) is 11.7. The maximum atomic E-state index is 12.2. The molecule has 0 fully saturated rings. The molecule has 40 heavy (non-hydrogen) atoms. The molecule has 0 bridgehead atoms. The van der Waals surface area contributed by atoms with Crippen molar-refractivity contribution in [3.63, 3.8) is 0 Å². The first kappa shape index (κ1) is 35.6. The van der Waals surface area contributed by atoms with Gasteiger partial charge in [-0.05, 0) is 28.9 Å². The molecule has 0 aliphatic heterocycles. The van der Waals surface area contributed by atoms with E-state index in [-0.39, 0.29) is 16.2 Å². The highest BCUT2D eigenvalue weighted by atomic mass is 32.2. The van der Waals surface area contributed by atoms with Gasteiger partial charge in [0.25, 0.3) is 0 Å². The first-order valence-corrected chi connectivity index (χ1v) is 13.1. The Bertz CT molecular complexity index is 1190. The normalized spacial score (nSPS) is 14.4. The van der Waals surface area contributed by atoms with Crippen LogP contribution in [0.5, 0.6) is 0 Å². The zero-order valence-electron chi connectivity index (χ0n) is 22.9. The van der Waals surface area contributed by atoms with Crippen molar-refractivity contribution in [3.8, 4) is 0 Å². The molecule has 0 saturated heterocycles. The van der Waals surface area contributed by atoms with Gasteiger partial charge in [-0.25, -0.2) is 8.42 Å². The Morgan fingerprint density at radius 2 is 0.800 bits per heavy atom. The van der Waals surface area contributed by atoms with E-state index in [0.29, 0.717) is 0 Å². The van der Waals surface area contributed by atoms with Gasteiger partial charge in [0.05, 0.1) is 6.92 Å². The zero-order chi connectivity index (χ0) is 32.0. The summed E-state index contributed by atoms with van der Waals surface area (Å²) in [7, 11) is -7.42. The van der Waals surface area contributed by atoms with Gasteiger partial charge in [-0.1, -0.05) is 90.1 Å². The summed E-state index contributed by atoms with van der Waals surface area (Å²) in [5.41, 5.74) is 5.38. The van der Waals surface area contributed by atoms with E-state index in [9.17, 15) is 52.5 Å². The fourth-order valence-electron chi connectivity index (χ4n) is 3.36. The molecule has 2 aromatic rings. The van der Waals surface area contributed by atoms with E-state index in [1.54, 1.807) is 0 Å². The number of alkyl halides is 9. The van der Waals surface area contributed by atoms with Crippen LogP contribution in [0, 0.1) is 6.92 Å². The van der Waals surface area contributed by atoms with E-state index >= 15 is 0 Å². The summed E-state index contributed by atoms with van der Waals surface area (Å²) in [6.45, 7) is 20.2. The number of halogens is 9. The Labute approximate surface area is 228 Å². The molecule has 13 heteroatoms. The van der Waals surface area contributed by atoms with Gasteiger partial charge in [0, 0.05) is 11.1 Å². The van der Waals surface area contributed by atoms with Crippen LogP contribution >= 0.6 is 0 Å². The van der Waals surface area contributed by atoms with Crippen molar-refractivity contribution in [1.29, 1.82) is 0 Å². The summed E-state index contributed by atoms with van der Waals surface area (Å²) in [5.74, 6) is -14.8. The van der Waals surface area contributed by atoms with E-state index < -0.39 is 33.4 Å². The molecule has 2 aromatic carbocycles. The Balaban J connectivity index is 0.000000421. The third kappa shape index (κ3) is 7.07. The summed E-state index contributed by atoms with van der Waals surface area (Å²) in [4.78, 5) is 0. The van der Waals surface area contributed by atoms with Crippen molar-refractivity contribution >= 4 is 10.1 Å². The van der Waals surface area contributed by atoms with Gasteiger partial charge < -0.3 is 4.55 Å². The Kier molecular flexibility index (Phi) is 9.59. The highest BCUT2D eigenvalue weighted by Crippen LogP contribution is 2.54. The Morgan fingerprint density at radius 1 is 0.550 bits per heavy atom. The molecular formula is C27H31F9O3S. The standard InChI is InChI=1S/C23H31.C4HF9O3S/c1-21(2,3)17-9-13-19(14-10-17)23(7,8)20-15-11-18(12-16-20)22(4,5)6;5-1(6,3(9,10)11)2(7,8)4(12,13)17(14,15)16/h9-16H,7H2,1-6,8H3;(H,14,15,16)/q+1;/p-1. The molecule has 0 radical (unpaired) electrons. The van der Waals surface area contributed by atoms with Crippen molar-refractivity contribution in [3.05, 3.63) is 77.7 Å². The average Bonchev–Trinajstić information content (AvgIpc) is 2.76. The molecule has 0 saturated carbocycles. The lowest BCUT2D eigenvalue weighted by atomic mass is 9.75. The Hall–Kier alpha value is -2.41. The molecule has 0 spiro atoms. The summed E-state index contributed by atoms with van der Waals surface area (Å²) in [6, 6.07) is 17.9. The molecule has 226 valence electrons. The lowest BCUT2D eigenvalue weighted by molar-refractivity contribution is -0.382. The predicted molar refractivity (Wildman–Crippen MR) is 133 cm³/mol. The van der Waals surface area contributed by atoms with Gasteiger partial charge in [-0.3, -0.25) is 0 Å². The van der Waals surface area contributed by atoms with Crippen LogP contribution in [0.1, 0.15) is 70.7 Å². The van der Waals surface area contributed by atoms with Crippen LogP contribution in [0.15, 0.2) is 48.5 Å². The van der Waals surface area contributed by atoms with Crippen LogP contribution in [0.2, 0.25) is 0 Å². The monoisotopic (exact) mass is 606 g/mol. The third-order valence-corrected chi connectivity index (χ3v) is 7.09. The second-order valence-corrected chi connectivity index (χ2v) is 13.0. The first-order chi connectivity index (χ1) is 17.4. The van der Waals surface area contributed by atoms with Gasteiger partial charge in [-0.2, -0.15) is 39.5 Å². The Morgan fingerprint density at radius 3 is 1.00 bits per heavy atom. The molecule has 0 unspecified atom stereocenters. The van der Waals surface area contributed by atoms with Crippen LogP contribution in [-0.4, -0.2) is 36.2 Å². The molecule has 0 atom stereocenters. The summed E-state index contributed by atoms with van der Waals surface area (Å²) < 4.78 is 135. The number of hydrogen-bond acceptors (Lipinski definition) is 3. The maximum Gasteiger partial charge on any atom is 0.460 e. The molecule has 0 N–H and O–H groups in total. The van der Waals surface area contributed by atoms with Gasteiger partial charge in [0.2, 0.25) is 0 Å². The molecule has 0 aromatic heterocycles. The minimum atomic E-state index is -7.43. The lowest BCUT2D eigenvalue weighted by Crippen LogP contribution is -2.63. The van der Waals surface area contributed by atoms with Crippen LogP contribution in [0.3, 0.4) is 0 Å². The van der Waals surface area contributed by atoms with E-state index in [4.69, 9.17) is 0 Å². The molecule has 0 heterocycles. The average molecular weight is 607 g/mol. The molecular weight excluding hydrogens is 575 g/mol. The maximum absolute atomic E-state index is 12.2. The number of benzene rings is 2. The highest BCUT2D eigenvalue weighted by Gasteiger charge is 2.83.